The lowest BCUT2D eigenvalue weighted by Gasteiger charge is -2.03. The Balaban J connectivity index is 1.71. The van der Waals surface area contributed by atoms with Crippen LogP contribution in [0.25, 0.3) is 6.08 Å². The largest absolute Gasteiger partial charge is 0.352 e. The molecule has 104 valence electrons. The number of carbonyl (C=O) groups excluding carboxylic acids is 1. The Kier molecular flexibility index (Phi) is 5.38. The zero-order valence-corrected chi connectivity index (χ0v) is 11.8. The third-order valence-electron chi connectivity index (χ3n) is 2.77. The summed E-state index contributed by atoms with van der Waals surface area (Å²) in [6, 6.07) is 7.40. The number of imidazole rings is 1. The average molecular weight is 290 g/mol. The van der Waals surface area contributed by atoms with E-state index in [4.69, 9.17) is 11.6 Å². The highest BCUT2D eigenvalue weighted by Gasteiger charge is 1.97. The van der Waals surface area contributed by atoms with Gasteiger partial charge in [-0.2, -0.15) is 0 Å². The zero-order chi connectivity index (χ0) is 14.2. The van der Waals surface area contributed by atoms with Gasteiger partial charge in [-0.05, 0) is 24.1 Å². The van der Waals surface area contributed by atoms with Crippen LogP contribution in [-0.2, 0) is 11.3 Å². The molecule has 0 saturated carbocycles. The maximum atomic E-state index is 11.6. The maximum Gasteiger partial charge on any atom is 0.244 e. The minimum atomic E-state index is -0.115. The van der Waals surface area contributed by atoms with E-state index in [0.29, 0.717) is 11.6 Å². The summed E-state index contributed by atoms with van der Waals surface area (Å²) >= 11 is 6.00. The minimum Gasteiger partial charge on any atom is -0.352 e. The summed E-state index contributed by atoms with van der Waals surface area (Å²) in [6.07, 6.45) is 9.48. The van der Waals surface area contributed by atoms with E-state index < -0.39 is 0 Å². The topological polar surface area (TPSA) is 46.9 Å². The molecule has 0 fully saturated rings. The number of benzene rings is 1. The predicted octanol–water partition coefficient (Wildman–Crippen LogP) is 2.76. The lowest BCUT2D eigenvalue weighted by atomic mass is 10.2. The number of aryl methyl sites for hydroxylation is 1. The molecule has 4 nitrogen and oxygen atoms in total. The van der Waals surface area contributed by atoms with Crippen LogP contribution >= 0.6 is 11.6 Å². The molecule has 1 amide bonds. The number of rotatable bonds is 6. The number of nitrogens with zero attached hydrogens (tertiary/aromatic N) is 2. The van der Waals surface area contributed by atoms with Gasteiger partial charge in [-0.1, -0.05) is 29.8 Å². The van der Waals surface area contributed by atoms with Crippen LogP contribution in [0, 0.1) is 0 Å². The molecule has 0 unspecified atom stereocenters. The Labute approximate surface area is 123 Å². The molecule has 1 N–H and O–H groups in total. The SMILES string of the molecule is O=C(/C=C/c1ccccc1Cl)NCCCn1ccnc1. The Morgan fingerprint density at radius 2 is 2.25 bits per heavy atom. The Bertz CT molecular complexity index is 579. The van der Waals surface area contributed by atoms with Crippen molar-refractivity contribution < 1.29 is 4.79 Å². The van der Waals surface area contributed by atoms with Crippen molar-refractivity contribution >= 4 is 23.6 Å². The van der Waals surface area contributed by atoms with Crippen molar-refractivity contribution in [3.63, 3.8) is 0 Å². The van der Waals surface area contributed by atoms with Crippen molar-refractivity contribution in [1.29, 1.82) is 0 Å². The van der Waals surface area contributed by atoms with Gasteiger partial charge in [-0.25, -0.2) is 4.98 Å². The van der Waals surface area contributed by atoms with Crippen LogP contribution in [0.5, 0.6) is 0 Å². The van der Waals surface area contributed by atoms with Crippen LogP contribution in [0.3, 0.4) is 0 Å². The van der Waals surface area contributed by atoms with E-state index in [1.165, 1.54) is 6.08 Å². The molecular weight excluding hydrogens is 274 g/mol. The lowest BCUT2D eigenvalue weighted by molar-refractivity contribution is -0.116. The average Bonchev–Trinajstić information content (AvgIpc) is 2.96. The van der Waals surface area contributed by atoms with E-state index in [2.05, 4.69) is 10.3 Å². The number of nitrogens with one attached hydrogen (secondary N) is 1. The van der Waals surface area contributed by atoms with E-state index in [1.54, 1.807) is 24.7 Å². The molecular formula is C15H16ClN3O. The van der Waals surface area contributed by atoms with Gasteiger partial charge in [-0.15, -0.1) is 0 Å². The van der Waals surface area contributed by atoms with Gasteiger partial charge >= 0.3 is 0 Å². The molecule has 1 aromatic heterocycles. The van der Waals surface area contributed by atoms with Gasteiger partial charge < -0.3 is 9.88 Å². The summed E-state index contributed by atoms with van der Waals surface area (Å²) in [5.74, 6) is -0.115. The van der Waals surface area contributed by atoms with Crippen molar-refractivity contribution in [3.05, 3.63) is 59.6 Å². The summed E-state index contributed by atoms with van der Waals surface area (Å²) in [7, 11) is 0. The van der Waals surface area contributed by atoms with Gasteiger partial charge in [0.05, 0.1) is 6.33 Å². The van der Waals surface area contributed by atoms with Crippen molar-refractivity contribution in [3.8, 4) is 0 Å². The fourth-order valence-electron chi connectivity index (χ4n) is 1.73. The van der Waals surface area contributed by atoms with Crippen molar-refractivity contribution in [2.45, 2.75) is 13.0 Å². The summed E-state index contributed by atoms with van der Waals surface area (Å²) in [5, 5.41) is 3.47. The van der Waals surface area contributed by atoms with Crippen LogP contribution in [0.2, 0.25) is 5.02 Å². The number of aromatic nitrogens is 2. The monoisotopic (exact) mass is 289 g/mol. The van der Waals surface area contributed by atoms with Gasteiger partial charge in [0.15, 0.2) is 0 Å². The fraction of sp³-hybridized carbons (Fsp3) is 0.200. The minimum absolute atomic E-state index is 0.115. The molecule has 5 heteroatoms. The number of hydrogen-bond donors (Lipinski definition) is 1. The van der Waals surface area contributed by atoms with E-state index in [0.717, 1.165) is 18.5 Å². The second-order valence-corrected chi connectivity index (χ2v) is 4.71. The van der Waals surface area contributed by atoms with Gasteiger partial charge in [0.1, 0.15) is 0 Å². The molecule has 1 aromatic carbocycles. The Morgan fingerprint density at radius 3 is 3.00 bits per heavy atom. The Hall–Kier alpha value is -2.07. The molecule has 20 heavy (non-hydrogen) atoms. The second-order valence-electron chi connectivity index (χ2n) is 4.30. The molecule has 2 rings (SSSR count). The van der Waals surface area contributed by atoms with Crippen LogP contribution in [0.1, 0.15) is 12.0 Å². The molecule has 1 heterocycles. The standard InChI is InChI=1S/C15H16ClN3O/c16-14-5-2-1-4-13(14)6-7-15(20)18-8-3-10-19-11-9-17-12-19/h1-2,4-7,9,11-12H,3,8,10H2,(H,18,20)/b7-6+. The van der Waals surface area contributed by atoms with Crippen LogP contribution in [0.4, 0.5) is 0 Å². The molecule has 0 radical (unpaired) electrons. The van der Waals surface area contributed by atoms with Gasteiger partial charge in [0.2, 0.25) is 5.91 Å². The smallest absolute Gasteiger partial charge is 0.244 e. The lowest BCUT2D eigenvalue weighted by Crippen LogP contribution is -2.22. The van der Waals surface area contributed by atoms with Gasteiger partial charge in [0, 0.05) is 36.6 Å². The summed E-state index contributed by atoms with van der Waals surface area (Å²) in [5.41, 5.74) is 0.836. The quantitative estimate of drug-likeness (QED) is 0.656. The fourth-order valence-corrected chi connectivity index (χ4v) is 1.93. The summed E-state index contributed by atoms with van der Waals surface area (Å²) < 4.78 is 1.98. The highest BCUT2D eigenvalue weighted by atomic mass is 35.5. The van der Waals surface area contributed by atoms with E-state index in [-0.39, 0.29) is 5.91 Å². The molecule has 0 saturated heterocycles. The third-order valence-corrected chi connectivity index (χ3v) is 3.12. The van der Waals surface area contributed by atoms with E-state index >= 15 is 0 Å². The normalized spacial score (nSPS) is 10.8. The summed E-state index contributed by atoms with van der Waals surface area (Å²) in [4.78, 5) is 15.6. The number of hydrogen-bond acceptors (Lipinski definition) is 2. The summed E-state index contributed by atoms with van der Waals surface area (Å²) in [6.45, 7) is 1.47. The molecule has 0 atom stereocenters. The van der Waals surface area contributed by atoms with Crippen LogP contribution in [-0.4, -0.2) is 22.0 Å². The first-order valence-electron chi connectivity index (χ1n) is 6.42. The molecule has 0 aliphatic carbocycles. The maximum absolute atomic E-state index is 11.6. The number of carbonyl (C=O) groups is 1. The first-order chi connectivity index (χ1) is 9.75. The van der Waals surface area contributed by atoms with E-state index in [1.807, 2.05) is 29.0 Å². The third kappa shape index (κ3) is 4.55. The number of amides is 1. The van der Waals surface area contributed by atoms with E-state index in [9.17, 15) is 4.79 Å². The van der Waals surface area contributed by atoms with Gasteiger partial charge in [-0.3, -0.25) is 4.79 Å². The van der Waals surface area contributed by atoms with Crippen molar-refractivity contribution in [2.24, 2.45) is 0 Å². The second kappa shape index (κ2) is 7.50. The van der Waals surface area contributed by atoms with Crippen LogP contribution < -0.4 is 5.32 Å². The molecule has 2 aromatic rings. The first-order valence-corrected chi connectivity index (χ1v) is 6.80. The highest BCUT2D eigenvalue weighted by Crippen LogP contribution is 2.15. The Morgan fingerprint density at radius 1 is 1.40 bits per heavy atom. The first kappa shape index (κ1) is 14.3. The van der Waals surface area contributed by atoms with Gasteiger partial charge in [0.25, 0.3) is 0 Å². The molecule has 0 aliphatic rings. The van der Waals surface area contributed by atoms with Crippen molar-refractivity contribution in [2.75, 3.05) is 6.54 Å². The van der Waals surface area contributed by atoms with Crippen LogP contribution in [0.15, 0.2) is 49.1 Å². The van der Waals surface area contributed by atoms with Crippen molar-refractivity contribution in [1.82, 2.24) is 14.9 Å². The predicted molar refractivity (Wildman–Crippen MR) is 80.3 cm³/mol. The number of halogens is 1. The molecule has 0 bridgehead atoms. The zero-order valence-electron chi connectivity index (χ0n) is 11.0. The molecule has 0 aliphatic heterocycles. The molecule has 0 spiro atoms. The highest BCUT2D eigenvalue weighted by molar-refractivity contribution is 6.32.